The van der Waals surface area contributed by atoms with Crippen LogP contribution in [0.4, 0.5) is 5.69 Å². The fourth-order valence-corrected chi connectivity index (χ4v) is 5.43. The number of nitrogens with zero attached hydrogens (tertiary/aromatic N) is 3. The fourth-order valence-electron chi connectivity index (χ4n) is 3.45. The van der Waals surface area contributed by atoms with E-state index < -0.39 is 0 Å². The van der Waals surface area contributed by atoms with Gasteiger partial charge in [0, 0.05) is 24.3 Å². The monoisotopic (exact) mass is 445 g/mol. The molecule has 0 aliphatic carbocycles. The zero-order valence-corrected chi connectivity index (χ0v) is 18.3. The van der Waals surface area contributed by atoms with Gasteiger partial charge in [0.2, 0.25) is 5.91 Å². The quantitative estimate of drug-likeness (QED) is 0.609. The zero-order chi connectivity index (χ0) is 20.4. The van der Waals surface area contributed by atoms with Crippen LogP contribution in [-0.2, 0) is 23.1 Å². The van der Waals surface area contributed by atoms with Crippen LogP contribution >= 0.6 is 34.7 Å². The first-order chi connectivity index (χ1) is 14.0. The van der Waals surface area contributed by atoms with Crippen molar-refractivity contribution in [3.63, 3.8) is 0 Å². The van der Waals surface area contributed by atoms with Gasteiger partial charge >= 0.3 is 0 Å². The Morgan fingerprint density at radius 3 is 2.90 bits per heavy atom. The Labute approximate surface area is 182 Å². The number of rotatable bonds is 4. The fraction of sp³-hybridized carbons (Fsp3) is 0.286. The van der Waals surface area contributed by atoms with Gasteiger partial charge in [0.05, 0.1) is 21.7 Å². The van der Waals surface area contributed by atoms with Crippen LogP contribution in [-0.4, -0.2) is 34.4 Å². The smallest absolute Gasteiger partial charge is 0.258 e. The molecule has 1 aliphatic rings. The number of amides is 2. The molecular formula is C21H20ClN3O2S2. The van der Waals surface area contributed by atoms with Crippen LogP contribution in [0.5, 0.6) is 0 Å². The lowest BCUT2D eigenvalue weighted by atomic mass is 10.0. The third kappa shape index (κ3) is 4.42. The maximum atomic E-state index is 12.7. The number of hydrogen-bond donors (Lipinski definition) is 0. The molecule has 0 atom stereocenters. The number of carbonyl (C=O) groups is 2. The van der Waals surface area contributed by atoms with Crippen molar-refractivity contribution in [2.24, 2.45) is 12.0 Å². The number of hydrogen-bond acceptors (Lipinski definition) is 4. The van der Waals surface area contributed by atoms with Crippen LogP contribution in [0, 0.1) is 0 Å². The first-order valence-electron chi connectivity index (χ1n) is 9.31. The number of thioether (sulfide) groups is 1. The Hall–Kier alpha value is -2.09. The van der Waals surface area contributed by atoms with E-state index in [4.69, 9.17) is 11.6 Å². The van der Waals surface area contributed by atoms with E-state index in [-0.39, 0.29) is 23.3 Å². The summed E-state index contributed by atoms with van der Waals surface area (Å²) in [5.74, 6) is 0.243. The number of aryl methyl sites for hydroxylation is 2. The van der Waals surface area contributed by atoms with E-state index in [2.05, 4.69) is 11.1 Å². The van der Waals surface area contributed by atoms with E-state index in [1.165, 1.54) is 28.7 Å². The van der Waals surface area contributed by atoms with E-state index in [0.29, 0.717) is 9.82 Å². The lowest BCUT2D eigenvalue weighted by molar-refractivity contribution is -0.116. The highest BCUT2D eigenvalue weighted by molar-refractivity contribution is 8.00. The number of fused-ring (bicyclic) bond motifs is 2. The summed E-state index contributed by atoms with van der Waals surface area (Å²) in [6.07, 6.45) is 1.97. The highest BCUT2D eigenvalue weighted by Crippen LogP contribution is 2.27. The number of aromatic nitrogens is 1. The van der Waals surface area contributed by atoms with Gasteiger partial charge in [-0.2, -0.15) is 4.99 Å². The molecule has 8 heteroatoms. The standard InChI is InChI=1S/C21H20ClN3O2S2/c1-24-17-9-8-15(22)11-18(17)29-21(24)23-19(26)12-28-13-20(27)25-10-4-6-14-5-2-3-7-16(14)25/h2-3,5,7-9,11H,4,6,10,12-13H2,1H3. The van der Waals surface area contributed by atoms with E-state index in [1.807, 2.05) is 52.9 Å². The minimum Gasteiger partial charge on any atom is -0.319 e. The molecular weight excluding hydrogens is 426 g/mol. The highest BCUT2D eigenvalue weighted by atomic mass is 35.5. The predicted molar refractivity (Wildman–Crippen MR) is 121 cm³/mol. The molecule has 0 saturated carbocycles. The van der Waals surface area contributed by atoms with E-state index in [0.717, 1.165) is 35.3 Å². The van der Waals surface area contributed by atoms with Crippen molar-refractivity contribution in [3.8, 4) is 0 Å². The first-order valence-corrected chi connectivity index (χ1v) is 11.7. The van der Waals surface area contributed by atoms with E-state index in [9.17, 15) is 9.59 Å². The Balaban J connectivity index is 1.39. The zero-order valence-electron chi connectivity index (χ0n) is 15.9. The van der Waals surface area contributed by atoms with Crippen LogP contribution < -0.4 is 9.70 Å². The lowest BCUT2D eigenvalue weighted by Crippen LogP contribution is -2.36. The number of para-hydroxylation sites is 1. The van der Waals surface area contributed by atoms with E-state index in [1.54, 1.807) is 0 Å². The van der Waals surface area contributed by atoms with Gasteiger partial charge in [0.1, 0.15) is 0 Å². The highest BCUT2D eigenvalue weighted by Gasteiger charge is 2.22. The first kappa shape index (κ1) is 20.2. The summed E-state index contributed by atoms with van der Waals surface area (Å²) in [5, 5.41) is 0.658. The second kappa shape index (κ2) is 8.73. The van der Waals surface area contributed by atoms with Gasteiger partial charge < -0.3 is 9.47 Å². The molecule has 2 heterocycles. The Morgan fingerprint density at radius 1 is 1.21 bits per heavy atom. The third-order valence-electron chi connectivity index (χ3n) is 4.85. The van der Waals surface area contributed by atoms with Crippen LogP contribution in [0.15, 0.2) is 47.5 Å². The molecule has 0 saturated heterocycles. The van der Waals surface area contributed by atoms with Gasteiger partial charge in [-0.1, -0.05) is 41.1 Å². The summed E-state index contributed by atoms with van der Waals surface area (Å²) in [7, 11) is 1.88. The molecule has 4 rings (SSSR count). The Morgan fingerprint density at radius 2 is 2.03 bits per heavy atom. The topological polar surface area (TPSA) is 54.7 Å². The second-order valence-electron chi connectivity index (χ2n) is 6.83. The summed E-state index contributed by atoms with van der Waals surface area (Å²) in [6, 6.07) is 13.6. The van der Waals surface area contributed by atoms with Gasteiger partial charge in [-0.25, -0.2) is 0 Å². The number of benzene rings is 2. The molecule has 1 aromatic heterocycles. The van der Waals surface area contributed by atoms with Crippen LogP contribution in [0.2, 0.25) is 5.02 Å². The summed E-state index contributed by atoms with van der Waals surface area (Å²) in [6.45, 7) is 0.731. The number of anilines is 1. The average Bonchev–Trinajstić information content (AvgIpc) is 3.01. The van der Waals surface area contributed by atoms with Gasteiger partial charge in [0.15, 0.2) is 4.80 Å². The molecule has 5 nitrogen and oxygen atoms in total. The minimum absolute atomic E-state index is 0.0389. The third-order valence-corrected chi connectivity index (χ3v) is 7.09. The lowest BCUT2D eigenvalue weighted by Gasteiger charge is -2.29. The van der Waals surface area contributed by atoms with Gasteiger partial charge in [-0.05, 0) is 42.7 Å². The molecule has 0 unspecified atom stereocenters. The van der Waals surface area contributed by atoms with Crippen molar-refractivity contribution >= 4 is 62.4 Å². The minimum atomic E-state index is -0.241. The van der Waals surface area contributed by atoms with Crippen molar-refractivity contribution in [1.29, 1.82) is 0 Å². The van der Waals surface area contributed by atoms with Crippen molar-refractivity contribution in [1.82, 2.24) is 4.57 Å². The van der Waals surface area contributed by atoms with Gasteiger partial charge in [0.25, 0.3) is 5.91 Å². The SMILES string of the molecule is Cn1c(=NC(=O)CSCC(=O)N2CCCc3ccccc32)sc2cc(Cl)ccc21. The molecule has 0 spiro atoms. The molecule has 0 fully saturated rings. The molecule has 2 aromatic carbocycles. The molecule has 150 valence electrons. The molecule has 3 aromatic rings. The molecule has 1 aliphatic heterocycles. The van der Waals surface area contributed by atoms with Gasteiger partial charge in [-0.3, -0.25) is 9.59 Å². The molecule has 2 amide bonds. The normalized spacial score (nSPS) is 14.3. The van der Waals surface area contributed by atoms with Crippen molar-refractivity contribution in [3.05, 3.63) is 57.9 Å². The Kier molecular flexibility index (Phi) is 6.08. The second-order valence-corrected chi connectivity index (χ2v) is 9.26. The summed E-state index contributed by atoms with van der Waals surface area (Å²) in [5.41, 5.74) is 3.19. The number of halogens is 1. The van der Waals surface area contributed by atoms with Crippen LogP contribution in [0.1, 0.15) is 12.0 Å². The number of carbonyl (C=O) groups excluding carboxylic acids is 2. The predicted octanol–water partition coefficient (Wildman–Crippen LogP) is 4.03. The van der Waals surface area contributed by atoms with E-state index >= 15 is 0 Å². The summed E-state index contributed by atoms with van der Waals surface area (Å²) >= 11 is 8.78. The average molecular weight is 446 g/mol. The Bertz CT molecular complexity index is 1150. The van der Waals surface area contributed by atoms with Crippen LogP contribution in [0.25, 0.3) is 10.2 Å². The molecule has 29 heavy (non-hydrogen) atoms. The molecule has 0 N–H and O–H groups in total. The maximum Gasteiger partial charge on any atom is 0.258 e. The van der Waals surface area contributed by atoms with Crippen molar-refractivity contribution < 1.29 is 9.59 Å². The maximum absolute atomic E-state index is 12.7. The number of thiazole rings is 1. The molecule has 0 bridgehead atoms. The van der Waals surface area contributed by atoms with Gasteiger partial charge in [-0.15, -0.1) is 11.8 Å². The molecule has 0 radical (unpaired) electrons. The van der Waals surface area contributed by atoms with Crippen LogP contribution in [0.3, 0.4) is 0 Å². The van der Waals surface area contributed by atoms with Crippen molar-refractivity contribution in [2.45, 2.75) is 12.8 Å². The van der Waals surface area contributed by atoms with Crippen molar-refractivity contribution in [2.75, 3.05) is 23.0 Å². The summed E-state index contributed by atoms with van der Waals surface area (Å²) in [4.78, 5) is 31.7. The summed E-state index contributed by atoms with van der Waals surface area (Å²) < 4.78 is 2.87. The largest absolute Gasteiger partial charge is 0.319 e.